The van der Waals surface area contributed by atoms with E-state index in [9.17, 15) is 19.8 Å². The lowest BCUT2D eigenvalue weighted by molar-refractivity contribution is 0.00497. The Hall–Kier alpha value is -2.70. The van der Waals surface area contributed by atoms with E-state index in [0.29, 0.717) is 23.0 Å². The van der Waals surface area contributed by atoms with Crippen LogP contribution in [0.3, 0.4) is 0 Å². The zero-order valence-corrected chi connectivity index (χ0v) is 18.7. The molecule has 170 valence electrons. The highest BCUT2D eigenvalue weighted by Crippen LogP contribution is 2.33. The SMILES string of the molecule is CC(C)CCC(CO)(CO)C(C)C.O=C(O)c1ccccc1-c1ccccc1C(=O)O. The molecule has 6 nitrogen and oxygen atoms in total. The van der Waals surface area contributed by atoms with Crippen LogP contribution in [0, 0.1) is 17.3 Å². The molecule has 0 heterocycles. The fraction of sp³-hybridized carbons (Fsp3) is 0.440. The molecule has 0 aliphatic rings. The summed E-state index contributed by atoms with van der Waals surface area (Å²) >= 11 is 0. The smallest absolute Gasteiger partial charge is 0.336 e. The molecular formula is C25H34O6. The minimum atomic E-state index is -1.08. The molecule has 0 fully saturated rings. The number of aromatic carboxylic acids is 2. The van der Waals surface area contributed by atoms with Gasteiger partial charge >= 0.3 is 11.9 Å². The van der Waals surface area contributed by atoms with Crippen LogP contribution in [-0.4, -0.2) is 45.6 Å². The largest absolute Gasteiger partial charge is 0.478 e. The molecule has 0 spiro atoms. The molecule has 0 saturated heterocycles. The van der Waals surface area contributed by atoms with E-state index < -0.39 is 11.9 Å². The topological polar surface area (TPSA) is 115 Å². The van der Waals surface area contributed by atoms with Crippen LogP contribution in [0.4, 0.5) is 0 Å². The van der Waals surface area contributed by atoms with E-state index in [-0.39, 0.29) is 29.8 Å². The summed E-state index contributed by atoms with van der Waals surface area (Å²) in [5.74, 6) is -1.19. The van der Waals surface area contributed by atoms with Gasteiger partial charge in [0.25, 0.3) is 0 Å². The van der Waals surface area contributed by atoms with Crippen LogP contribution in [0.1, 0.15) is 61.3 Å². The molecule has 0 aliphatic heterocycles. The van der Waals surface area contributed by atoms with Gasteiger partial charge in [-0.05, 0) is 41.5 Å². The van der Waals surface area contributed by atoms with Crippen molar-refractivity contribution in [1.82, 2.24) is 0 Å². The second-order valence-electron chi connectivity index (χ2n) is 8.47. The minimum Gasteiger partial charge on any atom is -0.478 e. The lowest BCUT2D eigenvalue weighted by atomic mass is 9.74. The Bertz CT molecular complexity index is 797. The first-order chi connectivity index (χ1) is 14.6. The number of hydrogen-bond acceptors (Lipinski definition) is 4. The highest BCUT2D eigenvalue weighted by molar-refractivity contribution is 6.02. The van der Waals surface area contributed by atoms with Gasteiger partial charge in [-0.25, -0.2) is 9.59 Å². The van der Waals surface area contributed by atoms with Crippen molar-refractivity contribution in [1.29, 1.82) is 0 Å². The third-order valence-electron chi connectivity index (χ3n) is 5.68. The van der Waals surface area contributed by atoms with Gasteiger partial charge < -0.3 is 20.4 Å². The van der Waals surface area contributed by atoms with Gasteiger partial charge in [-0.3, -0.25) is 0 Å². The summed E-state index contributed by atoms with van der Waals surface area (Å²) in [6.07, 6.45) is 1.98. The molecule has 0 aromatic heterocycles. The molecule has 31 heavy (non-hydrogen) atoms. The molecule has 0 unspecified atom stereocenters. The van der Waals surface area contributed by atoms with Gasteiger partial charge in [0, 0.05) is 5.41 Å². The summed E-state index contributed by atoms with van der Waals surface area (Å²) in [5.41, 5.74) is 0.716. The van der Waals surface area contributed by atoms with Gasteiger partial charge in [-0.1, -0.05) is 70.5 Å². The maximum Gasteiger partial charge on any atom is 0.336 e. The number of benzene rings is 2. The predicted octanol–water partition coefficient (Wildman–Crippen LogP) is 4.80. The molecule has 0 atom stereocenters. The highest BCUT2D eigenvalue weighted by atomic mass is 16.4. The average Bonchev–Trinajstić information content (AvgIpc) is 2.75. The molecule has 2 aromatic carbocycles. The number of carbonyl (C=O) groups is 2. The number of aliphatic hydroxyl groups is 2. The molecule has 4 N–H and O–H groups in total. The number of rotatable bonds is 9. The Morgan fingerprint density at radius 2 is 1.16 bits per heavy atom. The molecular weight excluding hydrogens is 396 g/mol. The van der Waals surface area contributed by atoms with Crippen LogP contribution >= 0.6 is 0 Å². The molecule has 0 saturated carbocycles. The molecule has 2 rings (SSSR count). The summed E-state index contributed by atoms with van der Waals surface area (Å²) in [6, 6.07) is 12.7. The first-order valence-corrected chi connectivity index (χ1v) is 10.5. The van der Waals surface area contributed by atoms with E-state index in [1.165, 1.54) is 12.1 Å². The van der Waals surface area contributed by atoms with Crippen LogP contribution in [0.15, 0.2) is 48.5 Å². The van der Waals surface area contributed by atoms with Crippen LogP contribution < -0.4 is 0 Å². The molecule has 2 aromatic rings. The van der Waals surface area contributed by atoms with Crippen LogP contribution in [0.2, 0.25) is 0 Å². The first kappa shape index (κ1) is 26.3. The fourth-order valence-corrected chi connectivity index (χ4v) is 3.25. The summed E-state index contributed by atoms with van der Waals surface area (Å²) in [5, 5.41) is 36.8. The predicted molar refractivity (Wildman–Crippen MR) is 121 cm³/mol. The van der Waals surface area contributed by atoms with Crippen molar-refractivity contribution in [2.75, 3.05) is 13.2 Å². The van der Waals surface area contributed by atoms with E-state index in [0.717, 1.165) is 12.8 Å². The Morgan fingerprint density at radius 1 is 0.774 bits per heavy atom. The minimum absolute atomic E-state index is 0.0891. The molecule has 0 amide bonds. The molecule has 0 aliphatic carbocycles. The summed E-state index contributed by atoms with van der Waals surface area (Å²) in [6.45, 7) is 8.64. The second-order valence-corrected chi connectivity index (χ2v) is 8.47. The number of aliphatic hydroxyl groups excluding tert-OH is 2. The van der Waals surface area contributed by atoms with Gasteiger partial charge in [0.05, 0.1) is 24.3 Å². The van der Waals surface area contributed by atoms with Gasteiger partial charge in [0.15, 0.2) is 0 Å². The van der Waals surface area contributed by atoms with Crippen LogP contribution in [0.25, 0.3) is 11.1 Å². The molecule has 0 bridgehead atoms. The monoisotopic (exact) mass is 430 g/mol. The van der Waals surface area contributed by atoms with Crippen molar-refractivity contribution in [3.05, 3.63) is 59.7 Å². The summed E-state index contributed by atoms with van der Waals surface area (Å²) in [4.78, 5) is 22.3. The summed E-state index contributed by atoms with van der Waals surface area (Å²) < 4.78 is 0. The zero-order valence-electron chi connectivity index (χ0n) is 18.7. The van der Waals surface area contributed by atoms with Crippen molar-refractivity contribution in [3.63, 3.8) is 0 Å². The number of carboxylic acids is 2. The van der Waals surface area contributed by atoms with E-state index >= 15 is 0 Å². The van der Waals surface area contributed by atoms with Crippen molar-refractivity contribution in [3.8, 4) is 11.1 Å². The molecule has 0 radical (unpaired) electrons. The quantitative estimate of drug-likeness (QED) is 0.454. The Morgan fingerprint density at radius 3 is 1.45 bits per heavy atom. The lowest BCUT2D eigenvalue weighted by Gasteiger charge is -2.34. The van der Waals surface area contributed by atoms with E-state index in [1.807, 2.05) is 0 Å². The average molecular weight is 431 g/mol. The molecule has 6 heteroatoms. The van der Waals surface area contributed by atoms with Crippen molar-refractivity contribution in [2.24, 2.45) is 17.3 Å². The third-order valence-corrected chi connectivity index (χ3v) is 5.68. The number of carboxylic acid groups (broad SMARTS) is 2. The maximum atomic E-state index is 11.1. The standard InChI is InChI=1S/C14H10O4.C11H24O2/c15-13(16)11-7-3-1-5-9(11)10-6-2-4-8-12(10)14(17)18;1-9(2)5-6-11(7-12,8-13)10(3)4/h1-8H,(H,15,16)(H,17,18);9-10,12-13H,5-8H2,1-4H3. The normalized spacial score (nSPS) is 11.2. The third kappa shape index (κ3) is 7.19. The second kappa shape index (κ2) is 12.2. The van der Waals surface area contributed by atoms with E-state index in [4.69, 9.17) is 10.2 Å². The lowest BCUT2D eigenvalue weighted by Crippen LogP contribution is -2.35. The van der Waals surface area contributed by atoms with Gasteiger partial charge in [-0.15, -0.1) is 0 Å². The van der Waals surface area contributed by atoms with Gasteiger partial charge in [0.1, 0.15) is 0 Å². The summed E-state index contributed by atoms with van der Waals surface area (Å²) in [7, 11) is 0. The van der Waals surface area contributed by atoms with E-state index in [2.05, 4.69) is 27.7 Å². The van der Waals surface area contributed by atoms with Crippen molar-refractivity contribution < 1.29 is 30.0 Å². The van der Waals surface area contributed by atoms with E-state index in [1.54, 1.807) is 36.4 Å². The van der Waals surface area contributed by atoms with Crippen molar-refractivity contribution in [2.45, 2.75) is 40.5 Å². The first-order valence-electron chi connectivity index (χ1n) is 10.5. The Balaban J connectivity index is 0.000000330. The number of hydrogen-bond donors (Lipinski definition) is 4. The van der Waals surface area contributed by atoms with Crippen LogP contribution in [-0.2, 0) is 0 Å². The van der Waals surface area contributed by atoms with Gasteiger partial charge in [-0.2, -0.15) is 0 Å². The fourth-order valence-electron chi connectivity index (χ4n) is 3.25. The highest BCUT2D eigenvalue weighted by Gasteiger charge is 2.32. The Labute approximate surface area is 184 Å². The van der Waals surface area contributed by atoms with Crippen LogP contribution in [0.5, 0.6) is 0 Å². The maximum absolute atomic E-state index is 11.1. The van der Waals surface area contributed by atoms with Gasteiger partial charge in [0.2, 0.25) is 0 Å². The van der Waals surface area contributed by atoms with Crippen molar-refractivity contribution >= 4 is 11.9 Å². The zero-order chi connectivity index (χ0) is 23.6. The Kier molecular flexibility index (Phi) is 10.4.